The number of nitrogens with one attached hydrogen (secondary N) is 1. The third-order valence-electron chi connectivity index (χ3n) is 4.74. The standard InChI is InChI=1S/C19H23BrN2O4/c1-10(2)9-13-17-16(15(11(3)26-17)18(23)25-4)22(19(24)21-13)14-8-6-5-7-12(14)20/h5-8,10,13,16-17H,9H2,1-4H3,(H,21,24)/t13-,16-,17-/m0/s1. The van der Waals surface area contributed by atoms with Crippen LogP contribution in [0.2, 0.25) is 0 Å². The van der Waals surface area contributed by atoms with E-state index in [0.717, 1.165) is 10.9 Å². The monoisotopic (exact) mass is 422 g/mol. The third kappa shape index (κ3) is 3.20. The summed E-state index contributed by atoms with van der Waals surface area (Å²) in [5.74, 6) is 0.418. The van der Waals surface area contributed by atoms with Crippen LogP contribution in [0, 0.1) is 5.92 Å². The molecule has 0 saturated carbocycles. The second-order valence-corrected chi connectivity index (χ2v) is 7.85. The van der Waals surface area contributed by atoms with E-state index in [4.69, 9.17) is 9.47 Å². The second kappa shape index (κ2) is 7.31. The zero-order valence-corrected chi connectivity index (χ0v) is 16.9. The molecule has 140 valence electrons. The fraction of sp³-hybridized carbons (Fsp3) is 0.474. The number of halogens is 1. The zero-order chi connectivity index (χ0) is 19.0. The normalized spacial score (nSPS) is 25.1. The summed E-state index contributed by atoms with van der Waals surface area (Å²) in [7, 11) is 1.34. The number of allylic oxidation sites excluding steroid dienone is 1. The van der Waals surface area contributed by atoms with Crippen LogP contribution in [-0.4, -0.2) is 37.3 Å². The summed E-state index contributed by atoms with van der Waals surface area (Å²) < 4.78 is 11.8. The van der Waals surface area contributed by atoms with E-state index in [1.807, 2.05) is 24.3 Å². The number of benzene rings is 1. The fourth-order valence-corrected chi connectivity index (χ4v) is 4.18. The molecule has 0 radical (unpaired) electrons. The number of fused-ring (bicyclic) bond motifs is 1. The summed E-state index contributed by atoms with van der Waals surface area (Å²) in [6, 6.07) is 6.48. The Labute approximate surface area is 161 Å². The first-order valence-corrected chi connectivity index (χ1v) is 9.44. The quantitative estimate of drug-likeness (QED) is 0.752. The Bertz CT molecular complexity index is 762. The summed E-state index contributed by atoms with van der Waals surface area (Å²) in [5.41, 5.74) is 1.08. The van der Waals surface area contributed by atoms with Crippen molar-refractivity contribution in [3.8, 4) is 0 Å². The average molecular weight is 423 g/mol. The molecule has 1 N–H and O–H groups in total. The lowest BCUT2D eigenvalue weighted by atomic mass is 9.89. The van der Waals surface area contributed by atoms with Gasteiger partial charge in [-0.15, -0.1) is 0 Å². The molecule has 0 aliphatic carbocycles. The number of ether oxygens (including phenoxy) is 2. The maximum Gasteiger partial charge on any atom is 0.339 e. The molecule has 1 aromatic carbocycles. The van der Waals surface area contributed by atoms with Gasteiger partial charge in [0, 0.05) is 4.47 Å². The lowest BCUT2D eigenvalue weighted by molar-refractivity contribution is -0.136. The number of methoxy groups -OCH3 is 1. The van der Waals surface area contributed by atoms with Crippen LogP contribution >= 0.6 is 15.9 Å². The van der Waals surface area contributed by atoms with Crippen LogP contribution in [0.15, 0.2) is 40.1 Å². The Hall–Kier alpha value is -2.02. The molecule has 2 aliphatic heterocycles. The molecular weight excluding hydrogens is 400 g/mol. The Morgan fingerprint density at radius 2 is 2.08 bits per heavy atom. The smallest absolute Gasteiger partial charge is 0.339 e. The number of amides is 2. The molecule has 26 heavy (non-hydrogen) atoms. The number of hydrogen-bond donors (Lipinski definition) is 1. The Kier molecular flexibility index (Phi) is 5.27. The molecule has 3 rings (SSSR count). The van der Waals surface area contributed by atoms with E-state index in [1.165, 1.54) is 7.11 Å². The predicted octanol–water partition coefficient (Wildman–Crippen LogP) is 3.61. The van der Waals surface area contributed by atoms with E-state index in [1.54, 1.807) is 11.8 Å². The lowest BCUT2D eigenvalue weighted by Crippen LogP contribution is -2.65. The van der Waals surface area contributed by atoms with Crippen LogP contribution < -0.4 is 10.2 Å². The number of rotatable bonds is 4. The molecule has 0 aromatic heterocycles. The molecule has 0 spiro atoms. The van der Waals surface area contributed by atoms with Gasteiger partial charge in [-0.25, -0.2) is 9.59 Å². The van der Waals surface area contributed by atoms with Gasteiger partial charge in [-0.1, -0.05) is 26.0 Å². The Morgan fingerprint density at radius 3 is 2.69 bits per heavy atom. The van der Waals surface area contributed by atoms with Gasteiger partial charge in [0.25, 0.3) is 0 Å². The second-order valence-electron chi connectivity index (χ2n) is 7.00. The fourth-order valence-electron chi connectivity index (χ4n) is 3.70. The lowest BCUT2D eigenvalue weighted by Gasteiger charge is -2.42. The average Bonchev–Trinajstić information content (AvgIpc) is 2.92. The maximum atomic E-state index is 13.0. The van der Waals surface area contributed by atoms with Crippen LogP contribution in [0.4, 0.5) is 10.5 Å². The van der Waals surface area contributed by atoms with Crippen molar-refractivity contribution >= 4 is 33.6 Å². The van der Waals surface area contributed by atoms with E-state index in [9.17, 15) is 9.59 Å². The molecule has 6 nitrogen and oxygen atoms in total. The summed E-state index contributed by atoms with van der Waals surface area (Å²) in [5, 5.41) is 3.06. The first kappa shape index (κ1) is 18.8. The summed E-state index contributed by atoms with van der Waals surface area (Å²) in [4.78, 5) is 27.0. The summed E-state index contributed by atoms with van der Waals surface area (Å²) in [6.07, 6.45) is 0.412. The number of nitrogens with zero attached hydrogens (tertiary/aromatic N) is 1. The number of esters is 1. The van der Waals surface area contributed by atoms with Crippen LogP contribution in [0.3, 0.4) is 0 Å². The highest BCUT2D eigenvalue weighted by atomic mass is 79.9. The number of hydrogen-bond acceptors (Lipinski definition) is 4. The Balaban J connectivity index is 2.09. The SMILES string of the molecule is COC(=O)C1=C(C)O[C@H]2[C@H](CC(C)C)NC(=O)N(c3ccccc3Br)[C@@H]12. The van der Waals surface area contributed by atoms with Gasteiger partial charge in [-0.05, 0) is 47.3 Å². The number of carbonyl (C=O) groups excluding carboxylic acids is 2. The summed E-state index contributed by atoms with van der Waals surface area (Å²) in [6.45, 7) is 5.94. The number of urea groups is 1. The largest absolute Gasteiger partial charge is 0.490 e. The maximum absolute atomic E-state index is 13.0. The molecule has 0 unspecified atom stereocenters. The number of para-hydroxylation sites is 1. The molecule has 3 atom stereocenters. The first-order valence-electron chi connectivity index (χ1n) is 8.65. The molecule has 2 heterocycles. The van der Waals surface area contributed by atoms with Crippen LogP contribution in [0.25, 0.3) is 0 Å². The highest BCUT2D eigenvalue weighted by Crippen LogP contribution is 2.40. The Morgan fingerprint density at radius 1 is 1.38 bits per heavy atom. The van der Waals surface area contributed by atoms with Crippen molar-refractivity contribution < 1.29 is 19.1 Å². The van der Waals surface area contributed by atoms with Crippen LogP contribution in [-0.2, 0) is 14.3 Å². The van der Waals surface area contributed by atoms with Crippen LogP contribution in [0.1, 0.15) is 27.2 Å². The molecule has 1 aromatic rings. The molecule has 0 bridgehead atoms. The minimum absolute atomic E-state index is 0.177. The summed E-state index contributed by atoms with van der Waals surface area (Å²) >= 11 is 3.51. The van der Waals surface area contributed by atoms with Crippen molar-refractivity contribution in [3.05, 3.63) is 40.1 Å². The van der Waals surface area contributed by atoms with Crippen LogP contribution in [0.5, 0.6) is 0 Å². The highest BCUT2D eigenvalue weighted by Gasteiger charge is 2.52. The van der Waals surface area contributed by atoms with Gasteiger partial charge in [-0.3, -0.25) is 4.90 Å². The van der Waals surface area contributed by atoms with E-state index in [0.29, 0.717) is 22.9 Å². The number of carbonyl (C=O) groups is 2. The molecule has 1 fully saturated rings. The first-order chi connectivity index (χ1) is 12.3. The number of anilines is 1. The van der Waals surface area contributed by atoms with E-state index in [-0.39, 0.29) is 18.2 Å². The van der Waals surface area contributed by atoms with Gasteiger partial charge in [0.05, 0.1) is 18.8 Å². The third-order valence-corrected chi connectivity index (χ3v) is 5.41. The van der Waals surface area contributed by atoms with Crippen molar-refractivity contribution in [2.75, 3.05) is 12.0 Å². The van der Waals surface area contributed by atoms with Gasteiger partial charge < -0.3 is 14.8 Å². The highest BCUT2D eigenvalue weighted by molar-refractivity contribution is 9.10. The van der Waals surface area contributed by atoms with Gasteiger partial charge in [-0.2, -0.15) is 0 Å². The van der Waals surface area contributed by atoms with Gasteiger partial charge in [0.15, 0.2) is 0 Å². The van der Waals surface area contributed by atoms with E-state index >= 15 is 0 Å². The van der Waals surface area contributed by atoms with Gasteiger partial charge in [0.2, 0.25) is 0 Å². The van der Waals surface area contributed by atoms with Crippen molar-refractivity contribution in [2.24, 2.45) is 5.92 Å². The van der Waals surface area contributed by atoms with E-state index < -0.39 is 12.0 Å². The molecule has 7 heteroatoms. The van der Waals surface area contributed by atoms with Crippen molar-refractivity contribution in [1.82, 2.24) is 5.32 Å². The topological polar surface area (TPSA) is 67.9 Å². The molecule has 2 aliphatic rings. The molecule has 2 amide bonds. The van der Waals surface area contributed by atoms with Crippen molar-refractivity contribution in [1.29, 1.82) is 0 Å². The van der Waals surface area contributed by atoms with Crippen molar-refractivity contribution in [2.45, 2.75) is 45.4 Å². The van der Waals surface area contributed by atoms with E-state index in [2.05, 4.69) is 35.1 Å². The molecule has 1 saturated heterocycles. The molecular formula is C19H23BrN2O4. The minimum Gasteiger partial charge on any atom is -0.490 e. The zero-order valence-electron chi connectivity index (χ0n) is 15.3. The minimum atomic E-state index is -0.529. The predicted molar refractivity (Wildman–Crippen MR) is 102 cm³/mol. The van der Waals surface area contributed by atoms with Crippen molar-refractivity contribution in [3.63, 3.8) is 0 Å². The van der Waals surface area contributed by atoms with Gasteiger partial charge >= 0.3 is 12.0 Å². The van der Waals surface area contributed by atoms with Gasteiger partial charge in [0.1, 0.15) is 23.5 Å².